The summed E-state index contributed by atoms with van der Waals surface area (Å²) in [6, 6.07) is 1.76. The number of anilines is 2. The van der Waals surface area contributed by atoms with E-state index in [9.17, 15) is 21.8 Å². The number of aromatic nitrogens is 3. The summed E-state index contributed by atoms with van der Waals surface area (Å²) in [6.07, 6.45) is 5.88. The standard InChI is InChI=1S/C22H26F2N6O4S2/c1-3-10-36(33,34)29-16-5-4-15(23)18(19(16)24)20(31)14-11-25-21-17(14)22(27-12-26-21)28-13-6-8-30(9-7-13)35(2)32/h4-5,11-13,29H,3,6-10H2,1-2H3,(H2,25,26,27,28). The third kappa shape index (κ3) is 5.39. The fourth-order valence-electron chi connectivity index (χ4n) is 4.16. The Morgan fingerprint density at radius 3 is 2.64 bits per heavy atom. The molecule has 2 aromatic heterocycles. The van der Waals surface area contributed by atoms with Crippen LogP contribution in [0.25, 0.3) is 11.0 Å². The molecule has 1 aliphatic heterocycles. The van der Waals surface area contributed by atoms with Crippen molar-refractivity contribution in [2.45, 2.75) is 32.2 Å². The smallest absolute Gasteiger partial charge is 0.232 e. The van der Waals surface area contributed by atoms with Crippen LogP contribution in [0.3, 0.4) is 0 Å². The van der Waals surface area contributed by atoms with Gasteiger partial charge in [0, 0.05) is 31.6 Å². The number of H-pyrrole nitrogens is 1. The molecule has 3 aromatic rings. The van der Waals surface area contributed by atoms with E-state index in [0.717, 1.165) is 12.1 Å². The fourth-order valence-corrected chi connectivity index (χ4v) is 6.02. The van der Waals surface area contributed by atoms with Gasteiger partial charge in [0.2, 0.25) is 15.8 Å². The molecule has 10 nitrogen and oxygen atoms in total. The molecular formula is C22H26F2N6O4S2. The van der Waals surface area contributed by atoms with Crippen LogP contribution in [0.4, 0.5) is 20.3 Å². The number of sulfonamides is 1. The molecular weight excluding hydrogens is 514 g/mol. The van der Waals surface area contributed by atoms with E-state index in [2.05, 4.69) is 25.0 Å². The van der Waals surface area contributed by atoms with E-state index in [0.29, 0.717) is 43.8 Å². The van der Waals surface area contributed by atoms with E-state index < -0.39 is 49.7 Å². The summed E-state index contributed by atoms with van der Waals surface area (Å²) in [6.45, 7) is 2.88. The van der Waals surface area contributed by atoms with E-state index in [1.54, 1.807) is 13.2 Å². The van der Waals surface area contributed by atoms with E-state index in [1.165, 1.54) is 12.5 Å². The zero-order valence-electron chi connectivity index (χ0n) is 19.7. The summed E-state index contributed by atoms with van der Waals surface area (Å²) in [5, 5.41) is 3.54. The maximum atomic E-state index is 15.2. The van der Waals surface area contributed by atoms with Crippen LogP contribution >= 0.6 is 0 Å². The molecule has 0 bridgehead atoms. The summed E-state index contributed by atoms with van der Waals surface area (Å²) >= 11 is 0. The number of nitrogens with one attached hydrogen (secondary N) is 3. The second-order valence-electron chi connectivity index (χ2n) is 8.45. The number of carbonyl (C=O) groups excluding carboxylic acids is 1. The third-order valence-corrected chi connectivity index (χ3v) is 8.50. The molecule has 3 N–H and O–H groups in total. The van der Waals surface area contributed by atoms with Gasteiger partial charge in [0.25, 0.3) is 0 Å². The lowest BCUT2D eigenvalue weighted by atomic mass is 10.0. The molecule has 0 amide bonds. The highest BCUT2D eigenvalue weighted by Crippen LogP contribution is 2.30. The van der Waals surface area contributed by atoms with Gasteiger partial charge >= 0.3 is 0 Å². The molecule has 1 fully saturated rings. The van der Waals surface area contributed by atoms with Crippen LogP contribution in [0.1, 0.15) is 42.1 Å². The number of benzene rings is 1. The minimum absolute atomic E-state index is 0.0227. The van der Waals surface area contributed by atoms with E-state index >= 15 is 4.39 Å². The van der Waals surface area contributed by atoms with E-state index in [4.69, 9.17) is 0 Å². The quantitative estimate of drug-likeness (QED) is 0.355. The molecule has 36 heavy (non-hydrogen) atoms. The number of nitrogens with zero attached hydrogens (tertiary/aromatic N) is 3. The first kappa shape index (κ1) is 26.1. The van der Waals surface area contributed by atoms with Crippen molar-refractivity contribution in [1.29, 1.82) is 0 Å². The van der Waals surface area contributed by atoms with Crippen LogP contribution in [0.15, 0.2) is 24.7 Å². The normalized spacial score (nSPS) is 16.2. The summed E-state index contributed by atoms with van der Waals surface area (Å²) in [7, 11) is -4.92. The van der Waals surface area contributed by atoms with Crippen LogP contribution in [0.5, 0.6) is 0 Å². The lowest BCUT2D eigenvalue weighted by Crippen LogP contribution is -2.39. The van der Waals surface area contributed by atoms with Crippen molar-refractivity contribution in [2.75, 3.05) is 35.1 Å². The molecule has 1 unspecified atom stereocenters. The van der Waals surface area contributed by atoms with E-state index in [1.807, 2.05) is 4.31 Å². The Labute approximate surface area is 209 Å². The van der Waals surface area contributed by atoms with E-state index in [-0.39, 0.29) is 22.7 Å². The lowest BCUT2D eigenvalue weighted by molar-refractivity contribution is 0.103. The maximum absolute atomic E-state index is 15.2. The lowest BCUT2D eigenvalue weighted by Gasteiger charge is -2.30. The van der Waals surface area contributed by atoms with Gasteiger partial charge in [0.05, 0.1) is 38.9 Å². The second kappa shape index (κ2) is 10.6. The Morgan fingerprint density at radius 1 is 1.25 bits per heavy atom. The molecule has 1 aromatic carbocycles. The number of aromatic amines is 1. The molecule has 4 rings (SSSR count). The van der Waals surface area contributed by atoms with Gasteiger partial charge in [0.1, 0.15) is 23.6 Å². The molecule has 14 heteroatoms. The highest BCUT2D eigenvalue weighted by atomic mass is 32.2. The first-order chi connectivity index (χ1) is 17.1. The number of hydrogen-bond donors (Lipinski definition) is 3. The molecule has 0 spiro atoms. The first-order valence-corrected chi connectivity index (χ1v) is 14.5. The summed E-state index contributed by atoms with van der Waals surface area (Å²) in [5.74, 6) is -3.35. The van der Waals surface area contributed by atoms with Crippen molar-refractivity contribution in [3.05, 3.63) is 47.4 Å². The number of carbonyl (C=O) groups is 1. The van der Waals surface area contributed by atoms with Crippen LogP contribution in [-0.4, -0.2) is 68.8 Å². The number of fused-ring (bicyclic) bond motifs is 1. The number of halogens is 2. The van der Waals surface area contributed by atoms with Crippen molar-refractivity contribution in [3.63, 3.8) is 0 Å². The fraction of sp³-hybridized carbons (Fsp3) is 0.409. The number of hydrogen-bond acceptors (Lipinski definition) is 7. The summed E-state index contributed by atoms with van der Waals surface area (Å²) < 4.78 is 69.8. The second-order valence-corrected chi connectivity index (χ2v) is 11.7. The van der Waals surface area contributed by atoms with Gasteiger partial charge in [-0.15, -0.1) is 0 Å². The molecule has 194 valence electrons. The average Bonchev–Trinajstić information content (AvgIpc) is 3.26. The van der Waals surface area contributed by atoms with Crippen LogP contribution in [0, 0.1) is 11.6 Å². The Kier molecular flexibility index (Phi) is 7.66. The van der Waals surface area contributed by atoms with Crippen molar-refractivity contribution >= 4 is 49.3 Å². The Balaban J connectivity index is 1.67. The third-order valence-electron chi connectivity index (χ3n) is 5.93. The highest BCUT2D eigenvalue weighted by Gasteiger charge is 2.28. The monoisotopic (exact) mass is 540 g/mol. The van der Waals surface area contributed by atoms with Crippen molar-refractivity contribution < 1.29 is 26.2 Å². The van der Waals surface area contributed by atoms with Crippen molar-refractivity contribution in [3.8, 4) is 0 Å². The summed E-state index contributed by atoms with van der Waals surface area (Å²) in [5.41, 5.74) is -1.17. The average molecular weight is 541 g/mol. The molecule has 1 saturated heterocycles. The molecule has 0 aliphatic carbocycles. The molecule has 1 aliphatic rings. The molecule has 0 radical (unpaired) electrons. The first-order valence-electron chi connectivity index (χ1n) is 11.3. The molecule has 1 atom stereocenters. The van der Waals surface area contributed by atoms with Crippen molar-refractivity contribution in [2.24, 2.45) is 0 Å². The predicted octanol–water partition coefficient (Wildman–Crippen LogP) is 2.79. The Hall–Kier alpha value is -2.97. The van der Waals surface area contributed by atoms with Gasteiger partial charge in [-0.3, -0.25) is 9.52 Å². The topological polar surface area (TPSA) is 137 Å². The van der Waals surface area contributed by atoms with Gasteiger partial charge < -0.3 is 10.3 Å². The Bertz CT molecular complexity index is 1420. The van der Waals surface area contributed by atoms with Crippen LogP contribution in [0.2, 0.25) is 0 Å². The minimum Gasteiger partial charge on any atom is -0.367 e. The van der Waals surface area contributed by atoms with Crippen LogP contribution in [-0.2, 0) is 21.0 Å². The number of ketones is 1. The van der Waals surface area contributed by atoms with Gasteiger partial charge in [-0.1, -0.05) is 6.92 Å². The number of rotatable bonds is 9. The maximum Gasteiger partial charge on any atom is 0.232 e. The highest BCUT2D eigenvalue weighted by molar-refractivity contribution is 7.92. The largest absolute Gasteiger partial charge is 0.367 e. The predicted molar refractivity (Wildman–Crippen MR) is 134 cm³/mol. The van der Waals surface area contributed by atoms with Crippen molar-refractivity contribution in [1.82, 2.24) is 19.3 Å². The van der Waals surface area contributed by atoms with Gasteiger partial charge in [-0.05, 0) is 31.4 Å². The Morgan fingerprint density at radius 2 is 1.97 bits per heavy atom. The van der Waals surface area contributed by atoms with Gasteiger partial charge in [0.15, 0.2) is 5.82 Å². The molecule has 3 heterocycles. The zero-order valence-corrected chi connectivity index (χ0v) is 21.3. The van der Waals surface area contributed by atoms with Gasteiger partial charge in [-0.2, -0.15) is 0 Å². The van der Waals surface area contributed by atoms with Gasteiger partial charge in [-0.25, -0.2) is 35.7 Å². The SMILES string of the molecule is CCCS(=O)(=O)Nc1ccc(F)c(C(=O)c2c[nH]c3ncnc(NC4CCN(S(C)=O)CC4)c23)c1F. The zero-order chi connectivity index (χ0) is 26.0. The molecule has 0 saturated carbocycles. The number of piperidine rings is 1. The summed E-state index contributed by atoms with van der Waals surface area (Å²) in [4.78, 5) is 24.6. The minimum atomic E-state index is -3.87. The van der Waals surface area contributed by atoms with Crippen LogP contribution < -0.4 is 10.0 Å².